The minimum absolute atomic E-state index is 0.104. The van der Waals surface area contributed by atoms with Gasteiger partial charge >= 0.3 is 5.97 Å². The molecule has 3 rings (SSSR count). The molecule has 1 heterocycles. The summed E-state index contributed by atoms with van der Waals surface area (Å²) in [6, 6.07) is 10.2. The first kappa shape index (κ1) is 22.1. The number of amides is 2. The molecule has 1 saturated carbocycles. The molecule has 0 aliphatic heterocycles. The molecular formula is C23H25N3O5. The Labute approximate surface area is 180 Å². The number of nitrogens with zero attached hydrogens (tertiary/aromatic N) is 1. The number of esters is 1. The van der Waals surface area contributed by atoms with Gasteiger partial charge in [0.15, 0.2) is 12.4 Å². The first-order valence-corrected chi connectivity index (χ1v) is 10.3. The summed E-state index contributed by atoms with van der Waals surface area (Å²) >= 11 is 0. The van der Waals surface area contributed by atoms with E-state index >= 15 is 0 Å². The molecule has 2 aromatic rings. The fraction of sp³-hybridized carbons (Fsp3) is 0.391. The third-order valence-corrected chi connectivity index (χ3v) is 5.36. The van der Waals surface area contributed by atoms with E-state index < -0.39 is 29.9 Å². The maximum atomic E-state index is 12.6. The van der Waals surface area contributed by atoms with Gasteiger partial charge in [-0.05, 0) is 43.5 Å². The van der Waals surface area contributed by atoms with Crippen LogP contribution < -0.4 is 10.6 Å². The fourth-order valence-electron chi connectivity index (χ4n) is 3.70. The summed E-state index contributed by atoms with van der Waals surface area (Å²) in [7, 11) is 0. The molecule has 1 aliphatic rings. The van der Waals surface area contributed by atoms with Crippen molar-refractivity contribution in [2.24, 2.45) is 0 Å². The number of rotatable bonds is 6. The Hall–Kier alpha value is -3.60. The van der Waals surface area contributed by atoms with E-state index in [0.717, 1.165) is 25.7 Å². The number of aryl methyl sites for hydroxylation is 1. The molecule has 0 saturated heterocycles. The predicted octanol–water partition coefficient (Wildman–Crippen LogP) is 3.73. The quantitative estimate of drug-likeness (QED) is 0.539. The van der Waals surface area contributed by atoms with Gasteiger partial charge in [-0.25, -0.2) is 4.79 Å². The molecule has 31 heavy (non-hydrogen) atoms. The zero-order chi connectivity index (χ0) is 22.3. The number of furan rings is 1. The minimum atomic E-state index is -0.911. The van der Waals surface area contributed by atoms with Gasteiger partial charge in [0.25, 0.3) is 11.8 Å². The molecule has 1 aromatic heterocycles. The van der Waals surface area contributed by atoms with E-state index in [4.69, 9.17) is 9.15 Å². The lowest BCUT2D eigenvalue weighted by Crippen LogP contribution is -2.48. The smallest absolute Gasteiger partial charge is 0.340 e. The number of carbonyl (C=O) groups excluding carboxylic acids is 3. The van der Waals surface area contributed by atoms with E-state index in [9.17, 15) is 19.6 Å². The van der Waals surface area contributed by atoms with Crippen LogP contribution in [0.3, 0.4) is 0 Å². The molecule has 8 heteroatoms. The number of anilines is 1. The van der Waals surface area contributed by atoms with Crippen LogP contribution in [0.15, 0.2) is 41.0 Å². The molecule has 1 aliphatic carbocycles. The lowest BCUT2D eigenvalue weighted by Gasteiger charge is -2.26. The zero-order valence-corrected chi connectivity index (χ0v) is 17.4. The van der Waals surface area contributed by atoms with Crippen LogP contribution in [0.25, 0.3) is 0 Å². The van der Waals surface area contributed by atoms with Gasteiger partial charge in [-0.2, -0.15) is 5.26 Å². The number of nitriles is 1. The molecule has 2 amide bonds. The Kier molecular flexibility index (Phi) is 7.08. The lowest BCUT2D eigenvalue weighted by molar-refractivity contribution is -0.125. The summed E-state index contributed by atoms with van der Waals surface area (Å²) in [5.74, 6) is -1.67. The van der Waals surface area contributed by atoms with E-state index in [0.29, 0.717) is 18.4 Å². The first-order chi connectivity index (χ1) is 14.9. The van der Waals surface area contributed by atoms with E-state index in [1.807, 2.05) is 0 Å². The second-order valence-corrected chi connectivity index (χ2v) is 7.66. The molecule has 2 N–H and O–H groups in total. The molecule has 1 aromatic carbocycles. The van der Waals surface area contributed by atoms with Crippen molar-refractivity contribution in [2.45, 2.75) is 51.0 Å². The van der Waals surface area contributed by atoms with Gasteiger partial charge in [0.05, 0.1) is 23.6 Å². The fourth-order valence-corrected chi connectivity index (χ4v) is 3.70. The Morgan fingerprint density at radius 3 is 2.52 bits per heavy atom. The van der Waals surface area contributed by atoms with Crippen molar-refractivity contribution in [3.8, 4) is 6.07 Å². The summed E-state index contributed by atoms with van der Waals surface area (Å²) < 4.78 is 10.3. The standard InChI is InChI=1S/C23H25N3O5/c1-16-8-6-9-17(20(16)25-21(28)18-10-7-13-30-18)22(29)31-14-19(27)26-23(15-24)11-4-2-3-5-12-23/h6-10,13H,2-5,11-12,14H2,1H3,(H,25,28)(H,26,27). The summed E-state index contributed by atoms with van der Waals surface area (Å²) in [5.41, 5.74) is 0.148. The molecule has 1 fully saturated rings. The predicted molar refractivity (Wildman–Crippen MR) is 112 cm³/mol. The van der Waals surface area contributed by atoms with Gasteiger partial charge in [-0.1, -0.05) is 37.8 Å². The number of hydrogen-bond donors (Lipinski definition) is 2. The third-order valence-electron chi connectivity index (χ3n) is 5.36. The molecule has 0 bridgehead atoms. The highest BCUT2D eigenvalue weighted by Crippen LogP contribution is 2.27. The normalized spacial score (nSPS) is 15.2. The summed E-state index contributed by atoms with van der Waals surface area (Å²) in [4.78, 5) is 37.4. The minimum Gasteiger partial charge on any atom is -0.459 e. The summed E-state index contributed by atoms with van der Waals surface area (Å²) in [5, 5.41) is 15.0. The number of nitrogens with one attached hydrogen (secondary N) is 2. The van der Waals surface area contributed by atoms with Crippen LogP contribution in [-0.2, 0) is 9.53 Å². The van der Waals surface area contributed by atoms with E-state index in [1.54, 1.807) is 25.1 Å². The van der Waals surface area contributed by atoms with Crippen molar-refractivity contribution in [2.75, 3.05) is 11.9 Å². The molecule has 0 spiro atoms. The molecule has 0 atom stereocenters. The van der Waals surface area contributed by atoms with Crippen molar-refractivity contribution < 1.29 is 23.5 Å². The van der Waals surface area contributed by atoms with Crippen molar-refractivity contribution >= 4 is 23.5 Å². The van der Waals surface area contributed by atoms with E-state index in [2.05, 4.69) is 16.7 Å². The second kappa shape index (κ2) is 9.94. The SMILES string of the molecule is Cc1cccc(C(=O)OCC(=O)NC2(C#N)CCCCCC2)c1NC(=O)c1ccco1. The molecule has 8 nitrogen and oxygen atoms in total. The van der Waals surface area contributed by atoms with Gasteiger partial charge < -0.3 is 19.8 Å². The van der Waals surface area contributed by atoms with Gasteiger partial charge in [-0.15, -0.1) is 0 Å². The molecular weight excluding hydrogens is 398 g/mol. The Bertz CT molecular complexity index is 983. The van der Waals surface area contributed by atoms with Crippen LogP contribution >= 0.6 is 0 Å². The van der Waals surface area contributed by atoms with Crippen molar-refractivity contribution in [1.82, 2.24) is 5.32 Å². The van der Waals surface area contributed by atoms with Crippen molar-refractivity contribution in [3.63, 3.8) is 0 Å². The highest BCUT2D eigenvalue weighted by Gasteiger charge is 2.32. The highest BCUT2D eigenvalue weighted by atomic mass is 16.5. The van der Waals surface area contributed by atoms with Gasteiger partial charge in [0, 0.05) is 0 Å². The summed E-state index contributed by atoms with van der Waals surface area (Å²) in [6.45, 7) is 1.23. The molecule has 162 valence electrons. The largest absolute Gasteiger partial charge is 0.459 e. The van der Waals surface area contributed by atoms with E-state index in [1.165, 1.54) is 18.4 Å². The van der Waals surface area contributed by atoms with Crippen LogP contribution in [-0.4, -0.2) is 29.9 Å². The number of carbonyl (C=O) groups is 3. The Balaban J connectivity index is 1.65. The lowest BCUT2D eigenvalue weighted by atomic mass is 9.92. The van der Waals surface area contributed by atoms with Crippen molar-refractivity contribution in [1.29, 1.82) is 5.26 Å². The molecule has 0 radical (unpaired) electrons. The highest BCUT2D eigenvalue weighted by molar-refractivity contribution is 6.07. The van der Waals surface area contributed by atoms with Crippen LogP contribution in [0.4, 0.5) is 5.69 Å². The zero-order valence-electron chi connectivity index (χ0n) is 17.4. The number of para-hydroxylation sites is 1. The number of ether oxygens (including phenoxy) is 1. The van der Waals surface area contributed by atoms with Crippen LogP contribution in [0.1, 0.15) is 65.0 Å². The average Bonchev–Trinajstić information content (AvgIpc) is 3.21. The van der Waals surface area contributed by atoms with Gasteiger partial charge in [0.1, 0.15) is 5.54 Å². The Morgan fingerprint density at radius 1 is 1.13 bits per heavy atom. The van der Waals surface area contributed by atoms with Gasteiger partial charge in [0.2, 0.25) is 0 Å². The van der Waals surface area contributed by atoms with E-state index in [-0.39, 0.29) is 17.0 Å². The van der Waals surface area contributed by atoms with Gasteiger partial charge in [-0.3, -0.25) is 9.59 Å². The topological polar surface area (TPSA) is 121 Å². The number of hydrogen-bond acceptors (Lipinski definition) is 6. The third kappa shape index (κ3) is 5.51. The van der Waals surface area contributed by atoms with Crippen molar-refractivity contribution in [3.05, 3.63) is 53.5 Å². The van der Waals surface area contributed by atoms with Crippen LogP contribution in [0.5, 0.6) is 0 Å². The maximum Gasteiger partial charge on any atom is 0.340 e. The van der Waals surface area contributed by atoms with Crippen LogP contribution in [0.2, 0.25) is 0 Å². The maximum absolute atomic E-state index is 12.6. The average molecular weight is 423 g/mol. The monoisotopic (exact) mass is 423 g/mol. The summed E-state index contributed by atoms with van der Waals surface area (Å²) in [6.07, 6.45) is 6.37. The number of benzene rings is 1. The molecule has 0 unspecified atom stereocenters. The first-order valence-electron chi connectivity index (χ1n) is 10.3. The van der Waals surface area contributed by atoms with Crippen LogP contribution in [0, 0.1) is 18.3 Å². The second-order valence-electron chi connectivity index (χ2n) is 7.66. The Morgan fingerprint density at radius 2 is 1.87 bits per heavy atom.